The lowest BCUT2D eigenvalue weighted by Crippen LogP contribution is -2.43. The fourth-order valence-corrected chi connectivity index (χ4v) is 3.67. The number of para-hydroxylation sites is 1. The van der Waals surface area contributed by atoms with Gasteiger partial charge in [0.25, 0.3) is 0 Å². The molecule has 6 nitrogen and oxygen atoms in total. The van der Waals surface area contributed by atoms with Crippen molar-refractivity contribution in [1.82, 2.24) is 20.1 Å². The largest absolute Gasteiger partial charge is 0.507 e. The molecule has 1 atom stereocenters. The number of nitrogens with zero attached hydrogens (tertiary/aromatic N) is 4. The molecule has 4 rings (SSSR count). The Bertz CT molecular complexity index is 933. The van der Waals surface area contributed by atoms with Gasteiger partial charge >= 0.3 is 0 Å². The zero-order valence-electron chi connectivity index (χ0n) is 15.0. The van der Waals surface area contributed by atoms with Gasteiger partial charge in [-0.05, 0) is 37.6 Å². The molecule has 0 bridgehead atoms. The molecule has 1 aliphatic rings. The van der Waals surface area contributed by atoms with E-state index in [1.165, 1.54) is 0 Å². The highest BCUT2D eigenvalue weighted by atomic mass is 19.1. The smallest absolute Gasteiger partial charge is 0.158 e. The molecule has 2 N–H and O–H groups in total. The van der Waals surface area contributed by atoms with Gasteiger partial charge in [-0.2, -0.15) is 0 Å². The molecular formula is C20H22FN5O. The Labute approximate surface area is 157 Å². The van der Waals surface area contributed by atoms with Crippen LogP contribution in [0.25, 0.3) is 22.0 Å². The van der Waals surface area contributed by atoms with Crippen molar-refractivity contribution in [2.45, 2.75) is 18.9 Å². The molecule has 3 heterocycles. The van der Waals surface area contributed by atoms with Crippen molar-refractivity contribution in [2.75, 3.05) is 31.6 Å². The van der Waals surface area contributed by atoms with Crippen molar-refractivity contribution in [1.29, 1.82) is 0 Å². The van der Waals surface area contributed by atoms with E-state index in [4.69, 9.17) is 0 Å². The van der Waals surface area contributed by atoms with Crippen molar-refractivity contribution in [3.63, 3.8) is 0 Å². The molecule has 1 fully saturated rings. The standard InChI is InChI=1S/C20H22FN5O/c21-8-11-26-10-3-4-14(13-26)23-20-17-12-22-9-7-15(17)19(24-25-20)16-5-1-2-6-18(16)27/h1-2,5-7,9,12,14,27H,3-4,8,10-11,13H2,(H,23,25). The second-order valence-electron chi connectivity index (χ2n) is 6.81. The number of phenolic OH excluding ortho intramolecular Hbond substituents is 1. The summed E-state index contributed by atoms with van der Waals surface area (Å²) >= 11 is 0. The molecule has 0 radical (unpaired) electrons. The first-order chi connectivity index (χ1) is 13.3. The van der Waals surface area contributed by atoms with Crippen LogP contribution in [0.1, 0.15) is 12.8 Å². The normalized spacial score (nSPS) is 17.9. The summed E-state index contributed by atoms with van der Waals surface area (Å²) in [5, 5.41) is 24.2. The van der Waals surface area contributed by atoms with E-state index in [9.17, 15) is 9.50 Å². The van der Waals surface area contributed by atoms with Gasteiger partial charge in [-0.1, -0.05) is 12.1 Å². The molecule has 0 amide bonds. The first-order valence-corrected chi connectivity index (χ1v) is 9.20. The molecule has 0 aliphatic carbocycles. The van der Waals surface area contributed by atoms with Crippen LogP contribution in [0.4, 0.5) is 10.2 Å². The molecule has 3 aromatic rings. The third-order valence-electron chi connectivity index (χ3n) is 4.99. The summed E-state index contributed by atoms with van der Waals surface area (Å²) in [4.78, 5) is 6.37. The highest BCUT2D eigenvalue weighted by Gasteiger charge is 2.21. The number of nitrogens with one attached hydrogen (secondary N) is 1. The van der Waals surface area contributed by atoms with Gasteiger partial charge in [0.05, 0.1) is 0 Å². The number of alkyl halides is 1. The number of fused-ring (bicyclic) bond motifs is 1. The third-order valence-corrected chi connectivity index (χ3v) is 4.99. The maximum absolute atomic E-state index is 12.7. The van der Waals surface area contributed by atoms with Gasteiger partial charge < -0.3 is 10.4 Å². The number of hydrogen-bond donors (Lipinski definition) is 2. The lowest BCUT2D eigenvalue weighted by atomic mass is 10.0. The predicted molar refractivity (Wildman–Crippen MR) is 103 cm³/mol. The molecule has 1 aliphatic heterocycles. The number of phenols is 1. The van der Waals surface area contributed by atoms with Gasteiger partial charge in [0.15, 0.2) is 5.82 Å². The number of aromatic hydroxyl groups is 1. The summed E-state index contributed by atoms with van der Waals surface area (Å²) in [6, 6.07) is 9.17. The number of anilines is 1. The fourth-order valence-electron chi connectivity index (χ4n) is 3.67. The van der Waals surface area contributed by atoms with Crippen LogP contribution in [0, 0.1) is 0 Å². The Kier molecular flexibility index (Phi) is 5.11. The Balaban J connectivity index is 1.67. The highest BCUT2D eigenvalue weighted by molar-refractivity contribution is 6.00. The average molecular weight is 367 g/mol. The van der Waals surface area contributed by atoms with Crippen LogP contribution in [-0.4, -0.2) is 57.5 Å². The quantitative estimate of drug-likeness (QED) is 0.721. The van der Waals surface area contributed by atoms with Gasteiger partial charge in [0.1, 0.15) is 18.1 Å². The van der Waals surface area contributed by atoms with Crippen molar-refractivity contribution >= 4 is 16.6 Å². The van der Waals surface area contributed by atoms with E-state index in [-0.39, 0.29) is 18.5 Å². The minimum absolute atomic E-state index is 0.166. The van der Waals surface area contributed by atoms with Gasteiger partial charge in [-0.15, -0.1) is 10.2 Å². The molecule has 1 unspecified atom stereocenters. The van der Waals surface area contributed by atoms with E-state index in [1.807, 2.05) is 18.2 Å². The monoisotopic (exact) mass is 367 g/mol. The Hall–Kier alpha value is -2.80. The maximum Gasteiger partial charge on any atom is 0.158 e. The lowest BCUT2D eigenvalue weighted by Gasteiger charge is -2.32. The van der Waals surface area contributed by atoms with Crippen LogP contribution in [0.2, 0.25) is 0 Å². The van der Waals surface area contributed by atoms with Gasteiger partial charge in [-0.3, -0.25) is 9.88 Å². The zero-order valence-corrected chi connectivity index (χ0v) is 15.0. The minimum Gasteiger partial charge on any atom is -0.507 e. The second-order valence-corrected chi connectivity index (χ2v) is 6.81. The van der Waals surface area contributed by atoms with Crippen LogP contribution >= 0.6 is 0 Å². The summed E-state index contributed by atoms with van der Waals surface area (Å²) in [5.41, 5.74) is 1.26. The zero-order chi connectivity index (χ0) is 18.6. The average Bonchev–Trinajstić information content (AvgIpc) is 2.70. The van der Waals surface area contributed by atoms with Crippen LogP contribution in [0.15, 0.2) is 42.7 Å². The van der Waals surface area contributed by atoms with E-state index < -0.39 is 0 Å². The summed E-state index contributed by atoms with van der Waals surface area (Å²) in [7, 11) is 0. The predicted octanol–water partition coefficient (Wildman–Crippen LogP) is 3.24. The van der Waals surface area contributed by atoms with Gasteiger partial charge in [-0.25, -0.2) is 4.39 Å². The Morgan fingerprint density at radius 3 is 2.93 bits per heavy atom. The van der Waals surface area contributed by atoms with E-state index in [2.05, 4.69) is 25.4 Å². The summed E-state index contributed by atoms with van der Waals surface area (Å²) in [5.74, 6) is 0.837. The molecule has 2 aromatic heterocycles. The first-order valence-electron chi connectivity index (χ1n) is 9.20. The number of benzene rings is 1. The summed E-state index contributed by atoms with van der Waals surface area (Å²) in [6.07, 6.45) is 5.50. The summed E-state index contributed by atoms with van der Waals surface area (Å²) < 4.78 is 12.7. The SMILES string of the molecule is Oc1ccccc1-c1nnc(NC2CCCN(CCF)C2)c2cnccc12. The molecular weight excluding hydrogens is 345 g/mol. The lowest BCUT2D eigenvalue weighted by molar-refractivity contribution is 0.200. The molecule has 7 heteroatoms. The van der Waals surface area contributed by atoms with Crippen molar-refractivity contribution < 1.29 is 9.50 Å². The number of halogens is 1. The topological polar surface area (TPSA) is 74.2 Å². The molecule has 1 aromatic carbocycles. The Morgan fingerprint density at radius 1 is 1.19 bits per heavy atom. The molecule has 0 saturated carbocycles. The molecule has 1 saturated heterocycles. The number of hydrogen-bond acceptors (Lipinski definition) is 6. The number of pyridine rings is 1. The number of rotatable bonds is 5. The van der Waals surface area contributed by atoms with Crippen molar-refractivity contribution in [2.24, 2.45) is 0 Å². The minimum atomic E-state index is -0.325. The van der Waals surface area contributed by atoms with Crippen LogP contribution in [0.5, 0.6) is 5.75 Å². The van der Waals surface area contributed by atoms with Crippen LogP contribution < -0.4 is 5.32 Å². The van der Waals surface area contributed by atoms with Gasteiger partial charge in [0.2, 0.25) is 0 Å². The second kappa shape index (κ2) is 7.84. The van der Waals surface area contributed by atoms with E-state index >= 15 is 0 Å². The van der Waals surface area contributed by atoms with Crippen LogP contribution in [0.3, 0.4) is 0 Å². The van der Waals surface area contributed by atoms with E-state index in [0.717, 1.165) is 36.7 Å². The molecule has 27 heavy (non-hydrogen) atoms. The third kappa shape index (κ3) is 3.68. The van der Waals surface area contributed by atoms with Crippen LogP contribution in [-0.2, 0) is 0 Å². The number of aromatic nitrogens is 3. The van der Waals surface area contributed by atoms with Crippen molar-refractivity contribution in [3.8, 4) is 17.0 Å². The molecule has 140 valence electrons. The van der Waals surface area contributed by atoms with Crippen molar-refractivity contribution in [3.05, 3.63) is 42.7 Å². The molecule has 0 spiro atoms. The maximum atomic E-state index is 12.7. The highest BCUT2D eigenvalue weighted by Crippen LogP contribution is 2.34. The van der Waals surface area contributed by atoms with E-state index in [0.29, 0.717) is 23.6 Å². The Morgan fingerprint density at radius 2 is 2.07 bits per heavy atom. The number of piperidine rings is 1. The van der Waals surface area contributed by atoms with E-state index in [1.54, 1.807) is 24.5 Å². The number of likely N-dealkylation sites (tertiary alicyclic amines) is 1. The fraction of sp³-hybridized carbons (Fsp3) is 0.350. The van der Waals surface area contributed by atoms with Gasteiger partial charge in [0, 0.05) is 47.9 Å². The summed E-state index contributed by atoms with van der Waals surface area (Å²) in [6.45, 7) is 1.86. The first kappa shape index (κ1) is 17.6.